The van der Waals surface area contributed by atoms with Crippen molar-refractivity contribution >= 4 is 0 Å². The smallest absolute Gasteiger partial charge is 0.181 e. The van der Waals surface area contributed by atoms with E-state index >= 15 is 0 Å². The summed E-state index contributed by atoms with van der Waals surface area (Å²) in [7, 11) is 0. The first-order chi connectivity index (χ1) is 5.00. The minimum absolute atomic E-state index is 0. The first-order valence-corrected chi connectivity index (χ1v) is 3.05. The first-order valence-electron chi connectivity index (χ1n) is 3.05. The molecular formula is C8H6F3Ir-. The maximum atomic E-state index is 12.0. The van der Waals surface area contributed by atoms with Crippen molar-refractivity contribution in [1.82, 2.24) is 0 Å². The van der Waals surface area contributed by atoms with Crippen LogP contribution in [0.4, 0.5) is 13.2 Å². The molecule has 0 fully saturated rings. The number of hydrogen-bond donors (Lipinski definition) is 0. The van der Waals surface area contributed by atoms with Gasteiger partial charge in [-0.3, -0.25) is 0 Å². The van der Waals surface area contributed by atoms with Crippen LogP contribution in [0.2, 0.25) is 0 Å². The molecule has 0 unspecified atom stereocenters. The van der Waals surface area contributed by atoms with Gasteiger partial charge in [0.15, 0.2) is 0 Å². The third-order valence-corrected chi connectivity index (χ3v) is 1.27. The number of hydrogen-bond acceptors (Lipinski definition) is 0. The topological polar surface area (TPSA) is 0 Å². The number of aryl methyl sites for hydroxylation is 1. The van der Waals surface area contributed by atoms with E-state index in [1.165, 1.54) is 6.07 Å². The zero-order chi connectivity index (χ0) is 8.48. The Morgan fingerprint density at radius 3 is 2.25 bits per heavy atom. The van der Waals surface area contributed by atoms with Crippen molar-refractivity contribution in [3.8, 4) is 0 Å². The van der Waals surface area contributed by atoms with Crippen molar-refractivity contribution in [3.63, 3.8) is 0 Å². The molecule has 0 amide bonds. The van der Waals surface area contributed by atoms with Crippen molar-refractivity contribution in [2.75, 3.05) is 0 Å². The van der Waals surface area contributed by atoms with Crippen LogP contribution in [-0.4, -0.2) is 0 Å². The Morgan fingerprint density at radius 1 is 1.33 bits per heavy atom. The molecule has 69 valence electrons. The van der Waals surface area contributed by atoms with Crippen LogP contribution in [-0.2, 0) is 26.3 Å². The van der Waals surface area contributed by atoms with Crippen molar-refractivity contribution < 1.29 is 33.3 Å². The third-order valence-electron chi connectivity index (χ3n) is 1.27. The van der Waals surface area contributed by atoms with Gasteiger partial charge in [0.05, 0.1) is 0 Å². The summed E-state index contributed by atoms with van der Waals surface area (Å²) in [5, 5.41) is 0. The average molecular weight is 351 g/mol. The molecule has 0 bridgehead atoms. The summed E-state index contributed by atoms with van der Waals surface area (Å²) < 4.78 is 35.9. The minimum Gasteiger partial charge on any atom is -0.181 e. The largest absolute Gasteiger partial charge is 0.394 e. The molecule has 1 rings (SSSR count). The van der Waals surface area contributed by atoms with E-state index in [4.69, 9.17) is 0 Å². The zero-order valence-corrected chi connectivity index (χ0v) is 8.59. The molecule has 0 saturated heterocycles. The zero-order valence-electron chi connectivity index (χ0n) is 6.20. The second-order valence-electron chi connectivity index (χ2n) is 2.26. The van der Waals surface area contributed by atoms with Gasteiger partial charge in [-0.1, -0.05) is 12.5 Å². The molecule has 0 saturated carbocycles. The molecule has 0 atom stereocenters. The summed E-state index contributed by atoms with van der Waals surface area (Å²) in [6.07, 6.45) is -4.24. The van der Waals surface area contributed by atoms with E-state index in [2.05, 4.69) is 6.07 Å². The SMILES string of the molecule is Cc1[c-]ccc(C(F)(F)F)c1.[Ir]. The first kappa shape index (κ1) is 11.7. The van der Waals surface area contributed by atoms with Gasteiger partial charge in [0.1, 0.15) is 0 Å². The Morgan fingerprint density at radius 2 is 1.92 bits per heavy atom. The Kier molecular flexibility index (Phi) is 3.94. The predicted molar refractivity (Wildman–Crippen MR) is 35.0 cm³/mol. The summed E-state index contributed by atoms with van der Waals surface area (Å²) in [5.74, 6) is 0. The molecule has 0 aromatic heterocycles. The Balaban J connectivity index is 0.00000121. The van der Waals surface area contributed by atoms with E-state index in [1.54, 1.807) is 6.92 Å². The van der Waals surface area contributed by atoms with Crippen LogP contribution in [0.5, 0.6) is 0 Å². The summed E-state index contributed by atoms with van der Waals surface area (Å²) in [5.41, 5.74) is -0.117. The minimum atomic E-state index is -4.24. The van der Waals surface area contributed by atoms with Gasteiger partial charge in [-0.25, -0.2) is 0 Å². The molecule has 1 radical (unpaired) electrons. The Labute approximate surface area is 82.1 Å². The van der Waals surface area contributed by atoms with E-state index in [0.717, 1.165) is 12.1 Å². The maximum Gasteiger partial charge on any atom is 0.394 e. The van der Waals surface area contributed by atoms with Gasteiger partial charge in [0.2, 0.25) is 0 Å². The fourth-order valence-corrected chi connectivity index (χ4v) is 0.762. The fraction of sp³-hybridized carbons (Fsp3) is 0.250. The monoisotopic (exact) mass is 352 g/mol. The third kappa shape index (κ3) is 2.95. The van der Waals surface area contributed by atoms with E-state index in [-0.39, 0.29) is 20.1 Å². The van der Waals surface area contributed by atoms with Crippen LogP contribution in [0.25, 0.3) is 0 Å². The standard InChI is InChI=1S/C8H6F3.Ir/c1-6-3-2-4-7(5-6)8(9,10)11;/h2,4-5H,1H3;/q-1;. The van der Waals surface area contributed by atoms with Gasteiger partial charge in [0.25, 0.3) is 0 Å². The quantitative estimate of drug-likeness (QED) is 0.631. The maximum absolute atomic E-state index is 12.0. The van der Waals surface area contributed by atoms with E-state index in [0.29, 0.717) is 5.56 Å². The van der Waals surface area contributed by atoms with Crippen molar-refractivity contribution in [1.29, 1.82) is 0 Å². The number of alkyl halides is 3. The van der Waals surface area contributed by atoms with Crippen LogP contribution in [0.3, 0.4) is 0 Å². The molecule has 1 aromatic carbocycles. The molecule has 0 nitrogen and oxygen atoms in total. The van der Waals surface area contributed by atoms with Gasteiger partial charge in [0, 0.05) is 20.1 Å². The molecule has 0 aliphatic carbocycles. The van der Waals surface area contributed by atoms with Crippen LogP contribution >= 0.6 is 0 Å². The molecule has 12 heavy (non-hydrogen) atoms. The van der Waals surface area contributed by atoms with Crippen LogP contribution in [0.1, 0.15) is 11.1 Å². The van der Waals surface area contributed by atoms with Crippen molar-refractivity contribution in [2.24, 2.45) is 0 Å². The number of halogens is 3. The number of benzene rings is 1. The van der Waals surface area contributed by atoms with Gasteiger partial charge >= 0.3 is 6.18 Å². The van der Waals surface area contributed by atoms with E-state index in [9.17, 15) is 13.2 Å². The fourth-order valence-electron chi connectivity index (χ4n) is 0.762. The van der Waals surface area contributed by atoms with Crippen LogP contribution < -0.4 is 0 Å². The van der Waals surface area contributed by atoms with Gasteiger partial charge < -0.3 is 0 Å². The molecule has 0 aliphatic heterocycles. The molecular weight excluding hydrogens is 345 g/mol. The molecule has 0 spiro atoms. The van der Waals surface area contributed by atoms with Crippen molar-refractivity contribution in [2.45, 2.75) is 13.1 Å². The summed E-state index contributed by atoms with van der Waals surface area (Å²) in [6.45, 7) is 1.58. The molecule has 0 heterocycles. The molecule has 0 aliphatic rings. The molecule has 4 heteroatoms. The van der Waals surface area contributed by atoms with E-state index in [1.807, 2.05) is 0 Å². The molecule has 1 aromatic rings. The van der Waals surface area contributed by atoms with Crippen LogP contribution in [0.15, 0.2) is 18.2 Å². The summed E-state index contributed by atoms with van der Waals surface area (Å²) in [6, 6.07) is 6.00. The van der Waals surface area contributed by atoms with Gasteiger partial charge in [-0.05, 0) is 0 Å². The van der Waals surface area contributed by atoms with Crippen molar-refractivity contribution in [3.05, 3.63) is 35.4 Å². The van der Waals surface area contributed by atoms with Gasteiger partial charge in [-0.15, -0.1) is 0 Å². The Hall–Kier alpha value is -0.341. The normalized spacial score (nSPS) is 10.7. The second-order valence-corrected chi connectivity index (χ2v) is 2.26. The molecule has 0 N–H and O–H groups in total. The summed E-state index contributed by atoms with van der Waals surface area (Å²) >= 11 is 0. The summed E-state index contributed by atoms with van der Waals surface area (Å²) in [4.78, 5) is 0. The van der Waals surface area contributed by atoms with E-state index < -0.39 is 11.7 Å². The predicted octanol–water partition coefficient (Wildman–Crippen LogP) is 2.81. The van der Waals surface area contributed by atoms with Crippen LogP contribution in [0, 0.1) is 13.0 Å². The van der Waals surface area contributed by atoms with Gasteiger partial charge in [-0.2, -0.15) is 43.0 Å². The Bertz CT molecular complexity index is 255. The number of rotatable bonds is 0. The second kappa shape index (κ2) is 4.06. The average Bonchev–Trinajstić information content (AvgIpc) is 1.86.